The van der Waals surface area contributed by atoms with Gasteiger partial charge < -0.3 is 9.84 Å². The molecular formula is C10H18O2. The zero-order chi connectivity index (χ0) is 9.23. The van der Waals surface area contributed by atoms with Crippen LogP contribution in [0.1, 0.15) is 32.6 Å². The van der Waals surface area contributed by atoms with Gasteiger partial charge in [0.1, 0.15) is 6.10 Å². The van der Waals surface area contributed by atoms with Crippen LogP contribution in [-0.4, -0.2) is 24.4 Å². The van der Waals surface area contributed by atoms with Crippen molar-refractivity contribution < 1.29 is 9.84 Å². The summed E-state index contributed by atoms with van der Waals surface area (Å²) >= 11 is 0. The molecule has 2 nitrogen and oxygen atoms in total. The van der Waals surface area contributed by atoms with Crippen LogP contribution >= 0.6 is 0 Å². The van der Waals surface area contributed by atoms with Gasteiger partial charge in [0.05, 0.1) is 6.61 Å². The number of hydrogen-bond acceptors (Lipinski definition) is 2. The Morgan fingerprint density at radius 3 is 2.75 bits per heavy atom. The molecule has 0 aromatic heterocycles. The van der Waals surface area contributed by atoms with Crippen molar-refractivity contribution in [2.45, 2.75) is 38.7 Å². The van der Waals surface area contributed by atoms with Crippen molar-refractivity contribution in [3.05, 3.63) is 0 Å². The predicted octanol–water partition coefficient (Wildman–Crippen LogP) is 1.58. The third-order valence-electron chi connectivity index (χ3n) is 1.61. The summed E-state index contributed by atoms with van der Waals surface area (Å²) in [7, 11) is 0. The molecule has 0 amide bonds. The van der Waals surface area contributed by atoms with Crippen LogP contribution in [-0.2, 0) is 4.74 Å². The molecule has 0 rings (SSSR count). The second-order valence-corrected chi connectivity index (χ2v) is 2.82. The first-order valence-electron chi connectivity index (χ1n) is 4.53. The molecule has 0 heterocycles. The van der Waals surface area contributed by atoms with Gasteiger partial charge in [0, 0.05) is 6.61 Å². The smallest absolute Gasteiger partial charge is 0.137 e. The van der Waals surface area contributed by atoms with Crippen molar-refractivity contribution in [1.82, 2.24) is 0 Å². The molecule has 0 bridgehead atoms. The van der Waals surface area contributed by atoms with Crippen LogP contribution in [0.25, 0.3) is 0 Å². The van der Waals surface area contributed by atoms with Gasteiger partial charge in [-0.3, -0.25) is 0 Å². The van der Waals surface area contributed by atoms with E-state index in [0.29, 0.717) is 6.61 Å². The van der Waals surface area contributed by atoms with E-state index in [-0.39, 0.29) is 6.61 Å². The van der Waals surface area contributed by atoms with E-state index in [2.05, 4.69) is 12.8 Å². The molecule has 0 aliphatic rings. The van der Waals surface area contributed by atoms with Crippen LogP contribution in [0, 0.1) is 12.3 Å². The summed E-state index contributed by atoms with van der Waals surface area (Å²) in [5, 5.41) is 8.90. The van der Waals surface area contributed by atoms with Crippen LogP contribution in [0.4, 0.5) is 0 Å². The van der Waals surface area contributed by atoms with Crippen LogP contribution in [0.15, 0.2) is 0 Å². The highest BCUT2D eigenvalue weighted by Gasteiger charge is 1.96. The molecule has 2 heteroatoms. The SMILES string of the molecule is C#C[C@H](O)COCCCCCC. The standard InChI is InChI=1S/C10H18O2/c1-3-5-6-7-8-12-9-10(11)4-2/h2,10-11H,3,5-9H2,1H3/t10-/m0/s1. The highest BCUT2D eigenvalue weighted by molar-refractivity contribution is 4.92. The summed E-state index contributed by atoms with van der Waals surface area (Å²) in [6.45, 7) is 3.14. The van der Waals surface area contributed by atoms with E-state index >= 15 is 0 Å². The fraction of sp³-hybridized carbons (Fsp3) is 0.800. The van der Waals surface area contributed by atoms with Gasteiger partial charge in [0.25, 0.3) is 0 Å². The fourth-order valence-electron chi connectivity index (χ4n) is 0.874. The van der Waals surface area contributed by atoms with Gasteiger partial charge in [-0.15, -0.1) is 6.42 Å². The molecule has 0 spiro atoms. The minimum Gasteiger partial charge on any atom is -0.378 e. The Balaban J connectivity index is 2.96. The first-order valence-corrected chi connectivity index (χ1v) is 4.53. The number of terminal acetylenes is 1. The summed E-state index contributed by atoms with van der Waals surface area (Å²) < 4.78 is 5.14. The largest absolute Gasteiger partial charge is 0.378 e. The lowest BCUT2D eigenvalue weighted by molar-refractivity contribution is 0.0618. The average molecular weight is 170 g/mol. The lowest BCUT2D eigenvalue weighted by Crippen LogP contribution is -2.12. The van der Waals surface area contributed by atoms with Gasteiger partial charge in [-0.05, 0) is 6.42 Å². The predicted molar refractivity (Wildman–Crippen MR) is 49.8 cm³/mol. The molecule has 0 saturated heterocycles. The van der Waals surface area contributed by atoms with Gasteiger partial charge in [-0.1, -0.05) is 32.1 Å². The number of hydrogen-bond donors (Lipinski definition) is 1. The summed E-state index contributed by atoms with van der Waals surface area (Å²) in [5.41, 5.74) is 0. The highest BCUT2D eigenvalue weighted by Crippen LogP contribution is 1.98. The molecule has 70 valence electrons. The Hall–Kier alpha value is -0.520. The molecule has 1 N–H and O–H groups in total. The lowest BCUT2D eigenvalue weighted by Gasteiger charge is -2.04. The molecule has 1 atom stereocenters. The highest BCUT2D eigenvalue weighted by atomic mass is 16.5. The molecule has 0 fully saturated rings. The Bertz CT molecular complexity index is 126. The summed E-state index contributed by atoms with van der Waals surface area (Å²) in [6.07, 6.45) is 8.95. The minimum absolute atomic E-state index is 0.266. The maximum atomic E-state index is 8.90. The summed E-state index contributed by atoms with van der Waals surface area (Å²) in [5.74, 6) is 2.20. The number of ether oxygens (including phenoxy) is 1. The first-order chi connectivity index (χ1) is 5.81. The molecule has 0 unspecified atom stereocenters. The van der Waals surface area contributed by atoms with Gasteiger partial charge in [-0.25, -0.2) is 0 Å². The quantitative estimate of drug-likeness (QED) is 0.464. The number of unbranched alkanes of at least 4 members (excludes halogenated alkanes) is 3. The normalized spacial score (nSPS) is 12.4. The second-order valence-electron chi connectivity index (χ2n) is 2.82. The molecule has 0 aromatic rings. The molecule has 0 radical (unpaired) electrons. The zero-order valence-electron chi connectivity index (χ0n) is 7.75. The molecular weight excluding hydrogens is 152 g/mol. The van der Waals surface area contributed by atoms with Crippen LogP contribution in [0.2, 0.25) is 0 Å². The van der Waals surface area contributed by atoms with Crippen LogP contribution in [0.3, 0.4) is 0 Å². The van der Waals surface area contributed by atoms with Gasteiger partial charge in [0.15, 0.2) is 0 Å². The van der Waals surface area contributed by atoms with Crippen LogP contribution in [0.5, 0.6) is 0 Å². The average Bonchev–Trinajstić information content (AvgIpc) is 2.10. The maximum Gasteiger partial charge on any atom is 0.137 e. The maximum absolute atomic E-state index is 8.90. The number of aliphatic hydroxyl groups excluding tert-OH is 1. The summed E-state index contributed by atoms with van der Waals surface area (Å²) in [6, 6.07) is 0. The number of rotatable bonds is 7. The number of aliphatic hydroxyl groups is 1. The van der Waals surface area contributed by atoms with Gasteiger partial charge >= 0.3 is 0 Å². The summed E-state index contributed by atoms with van der Waals surface area (Å²) in [4.78, 5) is 0. The Kier molecular flexibility index (Phi) is 8.20. The third kappa shape index (κ3) is 7.59. The van der Waals surface area contributed by atoms with Crippen molar-refractivity contribution in [2.75, 3.05) is 13.2 Å². The van der Waals surface area contributed by atoms with Crippen LogP contribution < -0.4 is 0 Å². The Morgan fingerprint density at radius 2 is 2.17 bits per heavy atom. The molecule has 0 saturated carbocycles. The van der Waals surface area contributed by atoms with Crippen molar-refractivity contribution in [1.29, 1.82) is 0 Å². The van der Waals surface area contributed by atoms with E-state index in [9.17, 15) is 0 Å². The topological polar surface area (TPSA) is 29.5 Å². The van der Waals surface area contributed by atoms with E-state index in [1.54, 1.807) is 0 Å². The van der Waals surface area contributed by atoms with Crippen molar-refractivity contribution in [3.63, 3.8) is 0 Å². The van der Waals surface area contributed by atoms with Gasteiger partial charge in [-0.2, -0.15) is 0 Å². The molecule has 0 aliphatic heterocycles. The monoisotopic (exact) mass is 170 g/mol. The minimum atomic E-state index is -0.740. The van der Waals surface area contributed by atoms with E-state index in [4.69, 9.17) is 16.3 Å². The molecule has 0 aliphatic carbocycles. The van der Waals surface area contributed by atoms with E-state index in [1.807, 2.05) is 0 Å². The van der Waals surface area contributed by atoms with Crippen molar-refractivity contribution in [2.24, 2.45) is 0 Å². The lowest BCUT2D eigenvalue weighted by atomic mass is 10.2. The zero-order valence-corrected chi connectivity index (χ0v) is 7.75. The van der Waals surface area contributed by atoms with E-state index in [1.165, 1.54) is 19.3 Å². The first kappa shape index (κ1) is 11.5. The Morgan fingerprint density at radius 1 is 1.42 bits per heavy atom. The van der Waals surface area contributed by atoms with E-state index < -0.39 is 6.10 Å². The second kappa shape index (κ2) is 8.58. The fourth-order valence-corrected chi connectivity index (χ4v) is 0.874. The molecule has 0 aromatic carbocycles. The van der Waals surface area contributed by atoms with Crippen molar-refractivity contribution >= 4 is 0 Å². The van der Waals surface area contributed by atoms with Crippen molar-refractivity contribution in [3.8, 4) is 12.3 Å². The van der Waals surface area contributed by atoms with Gasteiger partial charge in [0.2, 0.25) is 0 Å². The van der Waals surface area contributed by atoms with E-state index in [0.717, 1.165) is 6.42 Å². The third-order valence-corrected chi connectivity index (χ3v) is 1.61. The Labute approximate surface area is 74.9 Å². The molecule has 12 heavy (non-hydrogen) atoms.